The quantitative estimate of drug-likeness (QED) is 0.750. The number of para-hydroxylation sites is 2. The lowest BCUT2D eigenvalue weighted by atomic mass is 10.00. The summed E-state index contributed by atoms with van der Waals surface area (Å²) >= 11 is 0. The summed E-state index contributed by atoms with van der Waals surface area (Å²) in [5.74, 6) is 1.19. The van der Waals surface area contributed by atoms with Crippen LogP contribution in [0.25, 0.3) is 11.0 Å². The van der Waals surface area contributed by atoms with Crippen LogP contribution < -0.4 is 0 Å². The molecule has 0 fully saturated rings. The van der Waals surface area contributed by atoms with Crippen LogP contribution in [0.4, 0.5) is 0 Å². The van der Waals surface area contributed by atoms with Crippen LogP contribution in [0.1, 0.15) is 62.7 Å². The Bertz CT molecular complexity index is 800. The summed E-state index contributed by atoms with van der Waals surface area (Å²) < 4.78 is 2.12. The molecule has 1 aromatic heterocycles. The van der Waals surface area contributed by atoms with E-state index < -0.39 is 6.10 Å². The van der Waals surface area contributed by atoms with E-state index in [1.54, 1.807) is 0 Å². The van der Waals surface area contributed by atoms with Gasteiger partial charge in [-0.05, 0) is 43.0 Å². The van der Waals surface area contributed by atoms with Gasteiger partial charge in [-0.2, -0.15) is 0 Å². The SMILES string of the molecule is CC(C)c1ccc([C@H](O)c2nc3ccccc3n2C(C)C)cc1. The van der Waals surface area contributed by atoms with Gasteiger partial charge in [0.1, 0.15) is 11.9 Å². The number of benzene rings is 2. The van der Waals surface area contributed by atoms with Gasteiger partial charge < -0.3 is 9.67 Å². The zero-order valence-corrected chi connectivity index (χ0v) is 14.2. The van der Waals surface area contributed by atoms with Gasteiger partial charge in [-0.25, -0.2) is 4.98 Å². The van der Waals surface area contributed by atoms with Crippen LogP contribution in [-0.2, 0) is 0 Å². The number of hydrogen-bond acceptors (Lipinski definition) is 2. The molecular formula is C20H24N2O. The third kappa shape index (κ3) is 2.89. The van der Waals surface area contributed by atoms with E-state index in [4.69, 9.17) is 0 Å². The van der Waals surface area contributed by atoms with Gasteiger partial charge in [-0.15, -0.1) is 0 Å². The van der Waals surface area contributed by atoms with Crippen LogP contribution in [-0.4, -0.2) is 14.7 Å². The molecule has 0 unspecified atom stereocenters. The predicted molar refractivity (Wildman–Crippen MR) is 94.7 cm³/mol. The first-order valence-corrected chi connectivity index (χ1v) is 8.23. The average molecular weight is 308 g/mol. The first-order chi connectivity index (χ1) is 11.0. The summed E-state index contributed by atoms with van der Waals surface area (Å²) in [4.78, 5) is 4.68. The highest BCUT2D eigenvalue weighted by Crippen LogP contribution is 2.29. The van der Waals surface area contributed by atoms with Crippen LogP contribution in [0.3, 0.4) is 0 Å². The summed E-state index contributed by atoms with van der Waals surface area (Å²) in [5, 5.41) is 10.9. The Morgan fingerprint density at radius 3 is 2.09 bits per heavy atom. The summed E-state index contributed by atoms with van der Waals surface area (Å²) in [6.07, 6.45) is -0.717. The van der Waals surface area contributed by atoms with E-state index in [1.165, 1.54) is 5.56 Å². The lowest BCUT2D eigenvalue weighted by molar-refractivity contribution is 0.203. The molecule has 120 valence electrons. The molecule has 0 aliphatic rings. The minimum absolute atomic E-state index is 0.238. The molecule has 3 rings (SSSR count). The summed E-state index contributed by atoms with van der Waals surface area (Å²) in [7, 11) is 0. The fourth-order valence-corrected chi connectivity index (χ4v) is 3.01. The number of imidazole rings is 1. The first-order valence-electron chi connectivity index (χ1n) is 8.23. The van der Waals surface area contributed by atoms with Gasteiger partial charge in [0.05, 0.1) is 11.0 Å². The van der Waals surface area contributed by atoms with Crippen molar-refractivity contribution >= 4 is 11.0 Å². The number of fused-ring (bicyclic) bond motifs is 1. The van der Waals surface area contributed by atoms with Crippen molar-refractivity contribution in [3.05, 3.63) is 65.5 Å². The first kappa shape index (κ1) is 15.8. The third-order valence-corrected chi connectivity index (χ3v) is 4.30. The standard InChI is InChI=1S/C20H24N2O/c1-13(2)15-9-11-16(12-10-15)19(23)20-21-17-7-5-6-8-18(17)22(20)14(3)4/h5-14,19,23H,1-4H3/t19-/m0/s1. The molecule has 0 radical (unpaired) electrons. The van der Waals surface area contributed by atoms with Gasteiger partial charge in [-0.3, -0.25) is 0 Å². The molecule has 1 heterocycles. The predicted octanol–water partition coefficient (Wildman–Crippen LogP) is 4.82. The molecule has 0 spiro atoms. The fraction of sp³-hybridized carbons (Fsp3) is 0.350. The molecule has 0 saturated heterocycles. The van der Waals surface area contributed by atoms with E-state index >= 15 is 0 Å². The van der Waals surface area contributed by atoms with E-state index in [1.807, 2.05) is 30.3 Å². The second kappa shape index (κ2) is 6.17. The Labute approximate surface area is 137 Å². The average Bonchev–Trinajstić information content (AvgIpc) is 2.93. The van der Waals surface area contributed by atoms with Crippen LogP contribution in [0.2, 0.25) is 0 Å². The number of hydrogen-bond donors (Lipinski definition) is 1. The Kier molecular flexibility index (Phi) is 4.22. The molecule has 0 aliphatic heterocycles. The summed E-state index contributed by atoms with van der Waals surface area (Å²) in [6, 6.07) is 16.5. The van der Waals surface area contributed by atoms with Crippen molar-refractivity contribution in [2.45, 2.75) is 45.8 Å². The highest BCUT2D eigenvalue weighted by molar-refractivity contribution is 5.76. The molecule has 1 atom stereocenters. The monoisotopic (exact) mass is 308 g/mol. The van der Waals surface area contributed by atoms with Crippen LogP contribution in [0.5, 0.6) is 0 Å². The Balaban J connectivity index is 2.06. The van der Waals surface area contributed by atoms with Crippen LogP contribution in [0, 0.1) is 0 Å². The zero-order chi connectivity index (χ0) is 16.6. The fourth-order valence-electron chi connectivity index (χ4n) is 3.01. The maximum atomic E-state index is 10.9. The highest BCUT2D eigenvalue weighted by Gasteiger charge is 2.21. The maximum Gasteiger partial charge on any atom is 0.143 e. The number of aliphatic hydroxyl groups excluding tert-OH is 1. The minimum Gasteiger partial charge on any atom is -0.380 e. The molecule has 1 N–H and O–H groups in total. The number of aliphatic hydroxyl groups is 1. The van der Waals surface area contributed by atoms with Crippen molar-refractivity contribution in [3.8, 4) is 0 Å². The topological polar surface area (TPSA) is 38.1 Å². The highest BCUT2D eigenvalue weighted by atomic mass is 16.3. The number of nitrogens with zero attached hydrogens (tertiary/aromatic N) is 2. The Hall–Kier alpha value is -2.13. The second-order valence-electron chi connectivity index (χ2n) is 6.65. The normalized spacial score (nSPS) is 13.2. The molecule has 3 aromatic rings. The van der Waals surface area contributed by atoms with E-state index in [2.05, 4.69) is 55.4 Å². The van der Waals surface area contributed by atoms with E-state index in [0.29, 0.717) is 11.7 Å². The van der Waals surface area contributed by atoms with E-state index in [9.17, 15) is 5.11 Å². The largest absolute Gasteiger partial charge is 0.380 e. The van der Waals surface area contributed by atoms with Crippen molar-refractivity contribution in [2.24, 2.45) is 0 Å². The van der Waals surface area contributed by atoms with Crippen LogP contribution >= 0.6 is 0 Å². The van der Waals surface area contributed by atoms with Crippen molar-refractivity contribution in [3.63, 3.8) is 0 Å². The maximum absolute atomic E-state index is 10.9. The van der Waals surface area contributed by atoms with Crippen molar-refractivity contribution < 1.29 is 5.11 Å². The van der Waals surface area contributed by atoms with E-state index in [0.717, 1.165) is 16.6 Å². The molecule has 3 nitrogen and oxygen atoms in total. The zero-order valence-electron chi connectivity index (χ0n) is 14.2. The molecule has 0 aliphatic carbocycles. The molecule has 0 saturated carbocycles. The molecule has 0 bridgehead atoms. The van der Waals surface area contributed by atoms with Crippen molar-refractivity contribution in [1.82, 2.24) is 9.55 Å². The molecular weight excluding hydrogens is 284 g/mol. The van der Waals surface area contributed by atoms with E-state index in [-0.39, 0.29) is 6.04 Å². The minimum atomic E-state index is -0.717. The third-order valence-electron chi connectivity index (χ3n) is 4.30. The number of rotatable bonds is 4. The Morgan fingerprint density at radius 2 is 1.48 bits per heavy atom. The smallest absolute Gasteiger partial charge is 0.143 e. The Morgan fingerprint density at radius 1 is 0.870 bits per heavy atom. The van der Waals surface area contributed by atoms with Crippen molar-refractivity contribution in [2.75, 3.05) is 0 Å². The molecule has 0 amide bonds. The van der Waals surface area contributed by atoms with Gasteiger partial charge in [0, 0.05) is 6.04 Å². The van der Waals surface area contributed by atoms with Crippen molar-refractivity contribution in [1.29, 1.82) is 0 Å². The van der Waals surface area contributed by atoms with Gasteiger partial charge in [-0.1, -0.05) is 50.2 Å². The summed E-state index contributed by atoms with van der Waals surface area (Å²) in [6.45, 7) is 8.58. The lowest BCUT2D eigenvalue weighted by Crippen LogP contribution is -2.12. The number of aromatic nitrogens is 2. The second-order valence-corrected chi connectivity index (χ2v) is 6.65. The molecule has 2 aromatic carbocycles. The van der Waals surface area contributed by atoms with Crippen LogP contribution in [0.15, 0.2) is 48.5 Å². The van der Waals surface area contributed by atoms with Gasteiger partial charge in [0.15, 0.2) is 0 Å². The summed E-state index contributed by atoms with van der Waals surface area (Å²) in [5.41, 5.74) is 4.15. The van der Waals surface area contributed by atoms with Gasteiger partial charge in [0.2, 0.25) is 0 Å². The van der Waals surface area contributed by atoms with Gasteiger partial charge >= 0.3 is 0 Å². The lowest BCUT2D eigenvalue weighted by Gasteiger charge is -2.17. The molecule has 23 heavy (non-hydrogen) atoms. The molecule has 3 heteroatoms. The van der Waals surface area contributed by atoms with Gasteiger partial charge in [0.25, 0.3) is 0 Å².